The number of rotatable bonds is 9. The molecule has 0 amide bonds. The fraction of sp³-hybridized carbons (Fsp3) is 0.644. The third-order valence-corrected chi connectivity index (χ3v) is 16.8. The summed E-state index contributed by atoms with van der Waals surface area (Å²) in [6.45, 7) is 18.4. The minimum Gasteiger partial charge on any atom is -0.461 e. The first-order valence-electron chi connectivity index (χ1n) is 19.9. The standard InChI is InChI=1S/C45H60O7S/c1-29(2)32-21-24-45(40(47)51-28-31-17-13-10-14-18-31)26-25-42(5)33(36(32)45)19-20-35-43(42,6)23-22-34-41(3,4)38(52-53(8,48)49)37(44(34,35)7)39(46)50-27-30-15-11-9-12-16-30/h9-18,32-38H,1,19-28H2,2-8H3/t32-,33+,34-,35-,36+,37+,38-,42+,43+,44-,45-/m0/s1. The molecule has 0 unspecified atom stereocenters. The predicted molar refractivity (Wildman–Crippen MR) is 205 cm³/mol. The molecule has 11 atom stereocenters. The molecule has 2 aromatic carbocycles. The Bertz CT molecular complexity index is 1840. The normalized spacial score (nSPS) is 39.9. The number of esters is 2. The molecule has 5 aliphatic carbocycles. The summed E-state index contributed by atoms with van der Waals surface area (Å²) in [5.41, 5.74) is 1.05. The molecule has 53 heavy (non-hydrogen) atoms. The summed E-state index contributed by atoms with van der Waals surface area (Å²) in [6, 6.07) is 19.6. The lowest BCUT2D eigenvalue weighted by Crippen LogP contribution is -2.65. The summed E-state index contributed by atoms with van der Waals surface area (Å²) in [6.07, 6.45) is 7.36. The highest BCUT2D eigenvalue weighted by Gasteiger charge is 2.76. The Hall–Kier alpha value is -2.97. The predicted octanol–water partition coefficient (Wildman–Crippen LogP) is 9.31. The molecule has 0 heterocycles. The number of carbonyl (C=O) groups is 2. The molecule has 0 aromatic heterocycles. The molecule has 0 spiro atoms. The van der Waals surface area contributed by atoms with Gasteiger partial charge in [-0.25, -0.2) is 0 Å². The topological polar surface area (TPSA) is 96.0 Å². The largest absolute Gasteiger partial charge is 0.461 e. The van der Waals surface area contributed by atoms with E-state index >= 15 is 0 Å². The van der Waals surface area contributed by atoms with E-state index in [1.807, 2.05) is 60.7 Å². The van der Waals surface area contributed by atoms with E-state index in [1.165, 1.54) is 0 Å². The molecular formula is C45H60O7S. The van der Waals surface area contributed by atoms with Crippen LogP contribution in [0.2, 0.25) is 0 Å². The van der Waals surface area contributed by atoms with Crippen LogP contribution in [-0.2, 0) is 46.6 Å². The Morgan fingerprint density at radius 1 is 0.755 bits per heavy atom. The van der Waals surface area contributed by atoms with E-state index in [9.17, 15) is 18.0 Å². The van der Waals surface area contributed by atoms with E-state index in [2.05, 4.69) is 48.1 Å². The van der Waals surface area contributed by atoms with Gasteiger partial charge in [0.25, 0.3) is 10.1 Å². The average molecular weight is 745 g/mol. The maximum absolute atomic E-state index is 14.6. The van der Waals surface area contributed by atoms with Gasteiger partial charge in [-0.3, -0.25) is 13.8 Å². The van der Waals surface area contributed by atoms with Gasteiger partial charge in [0, 0.05) is 0 Å². The van der Waals surface area contributed by atoms with Gasteiger partial charge in [-0.2, -0.15) is 8.42 Å². The SMILES string of the molecule is C=C(C)[C@@H]1CC[C@]2(C(=O)OCc3ccccc3)CC[C@]3(C)[C@H](CC[C@@H]4[C@@]5(C)[C@@H](C(=O)OCc6ccccc6)[C@H](OS(C)(=O)=O)C(C)(C)[C@@H]5CC[C@]43C)[C@@H]12. The van der Waals surface area contributed by atoms with Gasteiger partial charge < -0.3 is 9.47 Å². The van der Waals surface area contributed by atoms with Gasteiger partial charge in [-0.1, -0.05) is 107 Å². The molecule has 0 saturated heterocycles. The van der Waals surface area contributed by atoms with Gasteiger partial charge in [-0.15, -0.1) is 0 Å². The molecule has 0 radical (unpaired) electrons. The molecule has 0 bridgehead atoms. The summed E-state index contributed by atoms with van der Waals surface area (Å²) >= 11 is 0. The van der Waals surface area contributed by atoms with Crippen LogP contribution in [-0.4, -0.2) is 32.7 Å². The molecule has 0 N–H and O–H groups in total. The van der Waals surface area contributed by atoms with E-state index in [-0.39, 0.29) is 65.6 Å². The second-order valence-electron chi connectivity index (χ2n) is 18.9. The molecular weight excluding hydrogens is 685 g/mol. The van der Waals surface area contributed by atoms with Crippen molar-refractivity contribution >= 4 is 22.1 Å². The molecule has 288 valence electrons. The smallest absolute Gasteiger partial charge is 0.312 e. The zero-order valence-electron chi connectivity index (χ0n) is 32.9. The van der Waals surface area contributed by atoms with Crippen molar-refractivity contribution in [2.24, 2.45) is 62.6 Å². The molecule has 0 aliphatic heterocycles. The van der Waals surface area contributed by atoms with Crippen molar-refractivity contribution in [2.75, 3.05) is 6.26 Å². The van der Waals surface area contributed by atoms with Crippen LogP contribution in [0.3, 0.4) is 0 Å². The first-order chi connectivity index (χ1) is 24.9. The molecule has 5 fully saturated rings. The van der Waals surface area contributed by atoms with Crippen LogP contribution in [0.1, 0.15) is 104 Å². The van der Waals surface area contributed by atoms with E-state index < -0.39 is 38.4 Å². The summed E-state index contributed by atoms with van der Waals surface area (Å²) in [7, 11) is -3.88. The maximum Gasteiger partial charge on any atom is 0.312 e. The lowest BCUT2D eigenvalue weighted by molar-refractivity contribution is -0.230. The summed E-state index contributed by atoms with van der Waals surface area (Å²) in [5, 5.41) is 0. The number of carbonyl (C=O) groups excluding carboxylic acids is 2. The summed E-state index contributed by atoms with van der Waals surface area (Å²) in [4.78, 5) is 29.0. The van der Waals surface area contributed by atoms with Gasteiger partial charge >= 0.3 is 11.9 Å². The number of benzene rings is 2. The Morgan fingerprint density at radius 2 is 1.36 bits per heavy atom. The molecule has 5 aliphatic rings. The van der Waals surface area contributed by atoms with Crippen molar-refractivity contribution in [3.05, 3.63) is 83.9 Å². The number of allylic oxidation sites excluding steroid dienone is 1. The lowest BCUT2D eigenvalue weighted by Gasteiger charge is -2.70. The van der Waals surface area contributed by atoms with Crippen molar-refractivity contribution in [2.45, 2.75) is 112 Å². The van der Waals surface area contributed by atoms with Gasteiger partial charge in [0.05, 0.1) is 23.7 Å². The minimum absolute atomic E-state index is 0.0551. The van der Waals surface area contributed by atoms with Gasteiger partial charge in [0.2, 0.25) is 0 Å². The van der Waals surface area contributed by atoms with Gasteiger partial charge in [0.1, 0.15) is 13.2 Å². The third-order valence-electron chi connectivity index (χ3n) is 16.2. The second kappa shape index (κ2) is 13.4. The monoisotopic (exact) mass is 744 g/mol. The zero-order chi connectivity index (χ0) is 38.2. The van der Waals surface area contributed by atoms with Gasteiger partial charge in [0.15, 0.2) is 0 Å². The van der Waals surface area contributed by atoms with Crippen molar-refractivity contribution in [3.63, 3.8) is 0 Å². The Morgan fingerprint density at radius 3 is 1.94 bits per heavy atom. The highest BCUT2D eigenvalue weighted by molar-refractivity contribution is 7.86. The lowest BCUT2D eigenvalue weighted by atomic mass is 9.34. The van der Waals surface area contributed by atoms with E-state index in [0.29, 0.717) is 0 Å². The quantitative estimate of drug-likeness (QED) is 0.144. The van der Waals surface area contributed by atoms with Gasteiger partial charge in [-0.05, 0) is 121 Å². The molecule has 7 rings (SSSR count). The number of ether oxygens (including phenoxy) is 2. The van der Waals surface area contributed by atoms with Crippen molar-refractivity contribution in [1.29, 1.82) is 0 Å². The Kier molecular flexibility index (Phi) is 9.65. The van der Waals surface area contributed by atoms with E-state index in [0.717, 1.165) is 74.3 Å². The molecule has 8 heteroatoms. The van der Waals surface area contributed by atoms with Crippen LogP contribution in [0.25, 0.3) is 0 Å². The Labute approximate surface area is 317 Å². The van der Waals surface area contributed by atoms with Crippen LogP contribution in [0.4, 0.5) is 0 Å². The number of hydrogen-bond acceptors (Lipinski definition) is 7. The van der Waals surface area contributed by atoms with Crippen molar-refractivity contribution < 1.29 is 31.7 Å². The fourth-order valence-corrected chi connectivity index (χ4v) is 14.5. The summed E-state index contributed by atoms with van der Waals surface area (Å²) < 4.78 is 44.1. The van der Waals surface area contributed by atoms with Crippen LogP contribution >= 0.6 is 0 Å². The first kappa shape index (κ1) is 38.3. The molecule has 7 nitrogen and oxygen atoms in total. The Balaban J connectivity index is 1.25. The minimum atomic E-state index is -3.88. The van der Waals surface area contributed by atoms with Crippen LogP contribution < -0.4 is 0 Å². The fourth-order valence-electron chi connectivity index (χ4n) is 13.8. The van der Waals surface area contributed by atoms with E-state index in [1.54, 1.807) is 0 Å². The highest BCUT2D eigenvalue weighted by atomic mass is 32.2. The number of hydrogen-bond donors (Lipinski definition) is 0. The van der Waals surface area contributed by atoms with Crippen LogP contribution in [0.15, 0.2) is 72.8 Å². The van der Waals surface area contributed by atoms with Crippen molar-refractivity contribution in [3.8, 4) is 0 Å². The van der Waals surface area contributed by atoms with Crippen LogP contribution in [0.5, 0.6) is 0 Å². The second-order valence-corrected chi connectivity index (χ2v) is 20.5. The third kappa shape index (κ3) is 5.95. The molecule has 2 aromatic rings. The number of fused-ring (bicyclic) bond motifs is 7. The average Bonchev–Trinajstić information content (AvgIpc) is 3.58. The first-order valence-corrected chi connectivity index (χ1v) is 21.7. The van der Waals surface area contributed by atoms with Crippen LogP contribution in [0, 0.1) is 62.6 Å². The maximum atomic E-state index is 14.6. The van der Waals surface area contributed by atoms with Crippen molar-refractivity contribution in [1.82, 2.24) is 0 Å². The zero-order valence-corrected chi connectivity index (χ0v) is 33.7. The summed E-state index contributed by atoms with van der Waals surface area (Å²) in [5.74, 6) is -0.340. The molecule has 5 saturated carbocycles. The van der Waals surface area contributed by atoms with E-state index in [4.69, 9.17) is 13.7 Å². The highest BCUT2D eigenvalue weighted by Crippen LogP contribution is 2.79.